The molecule has 0 fully saturated rings. The van der Waals surface area contributed by atoms with E-state index in [4.69, 9.17) is 0 Å². The molecule has 2 aromatic heterocycles. The zero-order chi connectivity index (χ0) is 23.5. The van der Waals surface area contributed by atoms with Crippen molar-refractivity contribution in [3.8, 4) is 0 Å². The summed E-state index contributed by atoms with van der Waals surface area (Å²) in [6.07, 6.45) is 0. The van der Waals surface area contributed by atoms with Crippen molar-refractivity contribution >= 4 is 17.1 Å². The van der Waals surface area contributed by atoms with Crippen molar-refractivity contribution < 1.29 is 4.39 Å². The van der Waals surface area contributed by atoms with Crippen LogP contribution in [-0.4, -0.2) is 32.2 Å². The molecule has 0 atom stereocenters. The first-order valence-corrected chi connectivity index (χ1v) is 10.8. The molecule has 172 valence electrons. The summed E-state index contributed by atoms with van der Waals surface area (Å²) < 4.78 is 17.2. The first kappa shape index (κ1) is 22.5. The van der Waals surface area contributed by atoms with E-state index in [1.165, 1.54) is 34.4 Å². The summed E-state index contributed by atoms with van der Waals surface area (Å²) in [6.45, 7) is 6.15. The van der Waals surface area contributed by atoms with Gasteiger partial charge >= 0.3 is 5.69 Å². The van der Waals surface area contributed by atoms with Gasteiger partial charge in [-0.25, -0.2) is 9.18 Å². The molecule has 0 radical (unpaired) electrons. The van der Waals surface area contributed by atoms with Crippen molar-refractivity contribution in [3.63, 3.8) is 0 Å². The molecule has 2 heterocycles. The van der Waals surface area contributed by atoms with Gasteiger partial charge in [-0.3, -0.25) is 18.9 Å². The largest absolute Gasteiger partial charge is 0.354 e. The number of halogens is 1. The Morgan fingerprint density at radius 1 is 1.06 bits per heavy atom. The summed E-state index contributed by atoms with van der Waals surface area (Å²) in [5, 5.41) is 6.63. The number of H-pyrrole nitrogens is 1. The van der Waals surface area contributed by atoms with Crippen LogP contribution in [0.3, 0.4) is 0 Å². The average Bonchev–Trinajstić information content (AvgIpc) is 3.14. The van der Waals surface area contributed by atoms with E-state index in [1.54, 1.807) is 22.8 Å². The van der Waals surface area contributed by atoms with Gasteiger partial charge in [0.15, 0.2) is 11.2 Å². The smallest absolute Gasteiger partial charge is 0.329 e. The summed E-state index contributed by atoms with van der Waals surface area (Å²) in [7, 11) is 1.54. The van der Waals surface area contributed by atoms with Gasteiger partial charge in [-0.05, 0) is 31.0 Å². The van der Waals surface area contributed by atoms with E-state index in [2.05, 4.69) is 52.6 Å². The number of hydrogen-bond donors (Lipinski definition) is 3. The predicted octanol–water partition coefficient (Wildman–Crippen LogP) is 2.43. The second-order valence-electron chi connectivity index (χ2n) is 8.14. The molecule has 0 unspecified atom stereocenters. The molecule has 0 saturated carbocycles. The molecule has 8 nitrogen and oxygen atoms in total. The maximum atomic E-state index is 14.3. The van der Waals surface area contributed by atoms with Gasteiger partial charge in [0.05, 0.1) is 6.54 Å². The van der Waals surface area contributed by atoms with Crippen LogP contribution in [-0.2, 0) is 20.1 Å². The summed E-state index contributed by atoms with van der Waals surface area (Å²) in [5.41, 5.74) is 3.45. The van der Waals surface area contributed by atoms with Crippen molar-refractivity contribution in [2.24, 2.45) is 7.05 Å². The Hall–Kier alpha value is -3.72. The summed E-state index contributed by atoms with van der Waals surface area (Å²) in [4.78, 5) is 31.4. The maximum Gasteiger partial charge on any atom is 0.329 e. The number of anilines is 1. The Morgan fingerprint density at radius 2 is 1.85 bits per heavy atom. The van der Waals surface area contributed by atoms with Crippen LogP contribution < -0.4 is 21.9 Å². The van der Waals surface area contributed by atoms with Crippen molar-refractivity contribution in [3.05, 3.63) is 91.4 Å². The minimum absolute atomic E-state index is 0.0999. The molecule has 0 aliphatic rings. The van der Waals surface area contributed by atoms with Crippen molar-refractivity contribution in [2.75, 3.05) is 18.4 Å². The number of nitrogens with zero attached hydrogens (tertiary/aromatic N) is 3. The van der Waals surface area contributed by atoms with Gasteiger partial charge in [0, 0.05) is 32.2 Å². The number of aryl methyl sites for hydroxylation is 3. The molecular weight excluding hydrogens is 423 g/mol. The van der Waals surface area contributed by atoms with Gasteiger partial charge < -0.3 is 10.6 Å². The number of imidazole rings is 1. The third-order valence-corrected chi connectivity index (χ3v) is 5.70. The lowest BCUT2D eigenvalue weighted by molar-refractivity contribution is 0.601. The second kappa shape index (κ2) is 9.41. The number of hydrogen-bond acceptors (Lipinski definition) is 5. The molecule has 2 aromatic carbocycles. The predicted molar refractivity (Wildman–Crippen MR) is 127 cm³/mol. The lowest BCUT2D eigenvalue weighted by atomic mass is 10.1. The molecule has 0 amide bonds. The summed E-state index contributed by atoms with van der Waals surface area (Å²) in [6, 6.07) is 12.7. The number of aromatic amines is 1. The lowest BCUT2D eigenvalue weighted by Gasteiger charge is -2.12. The SMILES string of the molecule is Cc1ccc(C)c(CNCCNc2nc3c(c(=O)[nH]c(=O)n3C)n2Cc2ccccc2F)c1. The molecule has 0 aliphatic carbocycles. The highest BCUT2D eigenvalue weighted by atomic mass is 19.1. The van der Waals surface area contributed by atoms with Crippen molar-refractivity contribution in [1.29, 1.82) is 0 Å². The first-order chi connectivity index (χ1) is 15.8. The molecule has 33 heavy (non-hydrogen) atoms. The Morgan fingerprint density at radius 3 is 2.64 bits per heavy atom. The maximum absolute atomic E-state index is 14.3. The minimum atomic E-state index is -0.557. The third kappa shape index (κ3) is 4.73. The Balaban J connectivity index is 1.56. The van der Waals surface area contributed by atoms with E-state index in [-0.39, 0.29) is 23.5 Å². The van der Waals surface area contributed by atoms with Crippen LogP contribution in [0.4, 0.5) is 10.3 Å². The molecule has 0 bridgehead atoms. The monoisotopic (exact) mass is 450 g/mol. The molecule has 0 saturated heterocycles. The van der Waals surface area contributed by atoms with Gasteiger partial charge in [0.25, 0.3) is 5.56 Å². The van der Waals surface area contributed by atoms with Crippen molar-refractivity contribution in [1.82, 2.24) is 24.4 Å². The highest BCUT2D eigenvalue weighted by molar-refractivity contribution is 5.74. The van der Waals surface area contributed by atoms with Gasteiger partial charge in [0.2, 0.25) is 5.95 Å². The third-order valence-electron chi connectivity index (χ3n) is 5.70. The van der Waals surface area contributed by atoms with E-state index >= 15 is 0 Å². The molecule has 3 N–H and O–H groups in total. The van der Waals surface area contributed by atoms with Crippen LogP contribution in [0.2, 0.25) is 0 Å². The molecule has 4 rings (SSSR count). The Labute approximate surface area is 190 Å². The van der Waals surface area contributed by atoms with Gasteiger partial charge in [-0.1, -0.05) is 42.0 Å². The molecule has 0 aliphatic heterocycles. The number of benzene rings is 2. The van der Waals surface area contributed by atoms with E-state index in [0.717, 1.165) is 6.54 Å². The molecule has 4 aromatic rings. The summed E-state index contributed by atoms with van der Waals surface area (Å²) >= 11 is 0. The number of rotatable bonds is 8. The normalized spacial score (nSPS) is 11.3. The van der Waals surface area contributed by atoms with Crippen molar-refractivity contribution in [2.45, 2.75) is 26.9 Å². The van der Waals surface area contributed by atoms with E-state index in [0.29, 0.717) is 24.6 Å². The van der Waals surface area contributed by atoms with Gasteiger partial charge in [-0.15, -0.1) is 0 Å². The first-order valence-electron chi connectivity index (χ1n) is 10.8. The van der Waals surface area contributed by atoms with Crippen LogP contribution in [0.25, 0.3) is 11.2 Å². The van der Waals surface area contributed by atoms with Crippen LogP contribution in [0.1, 0.15) is 22.3 Å². The van der Waals surface area contributed by atoms with Crippen LogP contribution in [0.15, 0.2) is 52.1 Å². The van der Waals surface area contributed by atoms with E-state index in [1.807, 2.05) is 0 Å². The fourth-order valence-electron chi connectivity index (χ4n) is 3.80. The summed E-state index contributed by atoms with van der Waals surface area (Å²) in [5.74, 6) is 0.0234. The fourth-order valence-corrected chi connectivity index (χ4v) is 3.80. The molecular formula is C24H27FN6O2. The number of fused-ring (bicyclic) bond motifs is 1. The van der Waals surface area contributed by atoms with E-state index in [9.17, 15) is 14.0 Å². The highest BCUT2D eigenvalue weighted by Crippen LogP contribution is 2.19. The van der Waals surface area contributed by atoms with Crippen LogP contribution >= 0.6 is 0 Å². The van der Waals surface area contributed by atoms with Gasteiger partial charge in [-0.2, -0.15) is 4.98 Å². The molecule has 0 spiro atoms. The lowest BCUT2D eigenvalue weighted by Crippen LogP contribution is -2.29. The highest BCUT2D eigenvalue weighted by Gasteiger charge is 2.18. The quantitative estimate of drug-likeness (QED) is 0.358. The average molecular weight is 451 g/mol. The van der Waals surface area contributed by atoms with Gasteiger partial charge in [0.1, 0.15) is 5.82 Å². The Bertz CT molecular complexity index is 1420. The zero-order valence-corrected chi connectivity index (χ0v) is 18.9. The fraction of sp³-hybridized carbons (Fsp3) is 0.292. The topological polar surface area (TPSA) is 96.7 Å². The van der Waals surface area contributed by atoms with Crippen LogP contribution in [0, 0.1) is 19.7 Å². The minimum Gasteiger partial charge on any atom is -0.354 e. The number of nitrogens with one attached hydrogen (secondary N) is 3. The van der Waals surface area contributed by atoms with E-state index < -0.39 is 11.2 Å². The second-order valence-corrected chi connectivity index (χ2v) is 8.14. The van der Waals surface area contributed by atoms with Crippen LogP contribution in [0.5, 0.6) is 0 Å². The Kier molecular flexibility index (Phi) is 6.41. The molecule has 9 heteroatoms. The standard InChI is InChI=1S/C24H27FN6O2/c1-15-8-9-16(2)18(12-15)13-26-10-11-27-23-28-21-20(22(32)29-24(33)30(21)3)31(23)14-17-6-4-5-7-19(17)25/h4-9,12,26H,10-11,13-14H2,1-3H3,(H,27,28)(H,29,32,33). The zero-order valence-electron chi connectivity index (χ0n) is 18.9. The number of aromatic nitrogens is 4.